The minimum absolute atomic E-state index is 0.0137. The van der Waals surface area contributed by atoms with Crippen molar-refractivity contribution in [3.63, 3.8) is 0 Å². The SMILES string of the molecule is C=CCN(c1ccccc1)S(=O)(=O)c1cc(C(=O)OCC(=O)NCCC#N)ccc1Cl. The van der Waals surface area contributed by atoms with Crippen LogP contribution in [0.1, 0.15) is 16.8 Å². The number of anilines is 1. The van der Waals surface area contributed by atoms with Gasteiger partial charge in [-0.15, -0.1) is 6.58 Å². The molecule has 2 rings (SSSR count). The number of nitrogens with zero attached hydrogens (tertiary/aromatic N) is 2. The number of ether oxygens (including phenoxy) is 1. The number of esters is 1. The van der Waals surface area contributed by atoms with Crippen LogP contribution in [0.5, 0.6) is 0 Å². The fourth-order valence-corrected chi connectivity index (χ4v) is 4.46. The maximum absolute atomic E-state index is 13.3. The third-order valence-electron chi connectivity index (χ3n) is 3.97. The maximum Gasteiger partial charge on any atom is 0.338 e. The van der Waals surface area contributed by atoms with Crippen molar-refractivity contribution in [1.29, 1.82) is 5.26 Å². The average Bonchev–Trinajstić information content (AvgIpc) is 2.76. The molecule has 1 N–H and O–H groups in total. The van der Waals surface area contributed by atoms with E-state index in [2.05, 4.69) is 11.9 Å². The summed E-state index contributed by atoms with van der Waals surface area (Å²) in [5.41, 5.74) is 0.319. The molecule has 0 bridgehead atoms. The lowest BCUT2D eigenvalue weighted by Gasteiger charge is -2.23. The van der Waals surface area contributed by atoms with E-state index in [1.165, 1.54) is 18.2 Å². The zero-order valence-electron chi connectivity index (χ0n) is 16.5. The Morgan fingerprint density at radius 3 is 2.58 bits per heavy atom. The molecule has 0 aliphatic rings. The van der Waals surface area contributed by atoms with Gasteiger partial charge >= 0.3 is 5.97 Å². The Morgan fingerprint density at radius 2 is 1.94 bits per heavy atom. The highest BCUT2D eigenvalue weighted by molar-refractivity contribution is 7.93. The van der Waals surface area contributed by atoms with Gasteiger partial charge in [-0.05, 0) is 30.3 Å². The van der Waals surface area contributed by atoms with Crippen LogP contribution >= 0.6 is 11.6 Å². The molecule has 8 nitrogen and oxygen atoms in total. The van der Waals surface area contributed by atoms with Gasteiger partial charge in [0, 0.05) is 6.54 Å². The summed E-state index contributed by atoms with van der Waals surface area (Å²) in [6, 6.07) is 13.9. The van der Waals surface area contributed by atoms with E-state index < -0.39 is 28.5 Å². The summed E-state index contributed by atoms with van der Waals surface area (Å²) in [5, 5.41) is 10.8. The zero-order chi connectivity index (χ0) is 22.9. The number of hydrogen-bond acceptors (Lipinski definition) is 6. The molecule has 0 spiro atoms. The number of nitrogens with one attached hydrogen (secondary N) is 1. The first-order valence-electron chi connectivity index (χ1n) is 9.10. The van der Waals surface area contributed by atoms with Crippen molar-refractivity contribution in [2.24, 2.45) is 0 Å². The van der Waals surface area contributed by atoms with Crippen LogP contribution in [0.3, 0.4) is 0 Å². The van der Waals surface area contributed by atoms with Crippen LogP contribution in [0.2, 0.25) is 5.02 Å². The molecule has 0 aliphatic carbocycles. The molecule has 0 aliphatic heterocycles. The first-order chi connectivity index (χ1) is 14.8. The highest BCUT2D eigenvalue weighted by Gasteiger charge is 2.27. The molecule has 0 atom stereocenters. The van der Waals surface area contributed by atoms with Crippen molar-refractivity contribution in [1.82, 2.24) is 5.32 Å². The quantitative estimate of drug-likeness (QED) is 0.330. The highest BCUT2D eigenvalue weighted by atomic mass is 35.5. The van der Waals surface area contributed by atoms with E-state index >= 15 is 0 Å². The van der Waals surface area contributed by atoms with E-state index in [1.807, 2.05) is 6.07 Å². The van der Waals surface area contributed by atoms with Crippen LogP contribution in [-0.2, 0) is 19.6 Å². The Balaban J connectivity index is 2.26. The normalized spacial score (nSPS) is 10.6. The second-order valence-corrected chi connectivity index (χ2v) is 8.38. The number of halogens is 1. The number of sulfonamides is 1. The molecule has 1 amide bonds. The maximum atomic E-state index is 13.3. The molecule has 2 aromatic rings. The van der Waals surface area contributed by atoms with Crippen LogP contribution in [0, 0.1) is 11.3 Å². The molecule has 0 saturated carbocycles. The average molecular weight is 462 g/mol. The number of carbonyl (C=O) groups excluding carboxylic acids is 2. The first kappa shape index (κ1) is 23.9. The van der Waals surface area contributed by atoms with Crippen LogP contribution in [0.4, 0.5) is 5.69 Å². The lowest BCUT2D eigenvalue weighted by molar-refractivity contribution is -0.124. The number of nitriles is 1. The molecule has 162 valence electrons. The summed E-state index contributed by atoms with van der Waals surface area (Å²) in [6.07, 6.45) is 1.56. The molecule has 0 unspecified atom stereocenters. The second kappa shape index (κ2) is 11.2. The molecular weight excluding hydrogens is 442 g/mol. The summed E-state index contributed by atoms with van der Waals surface area (Å²) in [7, 11) is -4.14. The van der Waals surface area contributed by atoms with Crippen LogP contribution in [0.15, 0.2) is 66.1 Å². The predicted molar refractivity (Wildman–Crippen MR) is 116 cm³/mol. The summed E-state index contributed by atoms with van der Waals surface area (Å²) >= 11 is 6.14. The van der Waals surface area contributed by atoms with Crippen molar-refractivity contribution in [2.75, 3.05) is 24.0 Å². The fraction of sp³-hybridized carbons (Fsp3) is 0.190. The number of benzene rings is 2. The lowest BCUT2D eigenvalue weighted by Crippen LogP contribution is -2.31. The Hall–Kier alpha value is -3.35. The fourth-order valence-electron chi connectivity index (χ4n) is 2.52. The number of para-hydroxylation sites is 1. The van der Waals surface area contributed by atoms with Gasteiger partial charge in [-0.25, -0.2) is 13.2 Å². The molecule has 0 aromatic heterocycles. The molecule has 2 aromatic carbocycles. The molecular formula is C21H20ClN3O5S. The van der Waals surface area contributed by atoms with E-state index in [1.54, 1.807) is 30.3 Å². The predicted octanol–water partition coefficient (Wildman–Crippen LogP) is 2.91. The molecule has 10 heteroatoms. The number of carbonyl (C=O) groups is 2. The third kappa shape index (κ3) is 6.31. The van der Waals surface area contributed by atoms with Gasteiger partial charge in [-0.1, -0.05) is 35.9 Å². The lowest BCUT2D eigenvalue weighted by atomic mass is 10.2. The van der Waals surface area contributed by atoms with Gasteiger partial charge in [0.2, 0.25) is 0 Å². The Kier molecular flexibility index (Phi) is 8.61. The summed E-state index contributed by atoms with van der Waals surface area (Å²) < 4.78 is 32.6. The zero-order valence-corrected chi connectivity index (χ0v) is 18.0. The Labute approximate surface area is 185 Å². The van der Waals surface area contributed by atoms with Gasteiger partial charge in [-0.3, -0.25) is 9.10 Å². The van der Waals surface area contributed by atoms with Crippen molar-refractivity contribution < 1.29 is 22.7 Å². The summed E-state index contributed by atoms with van der Waals surface area (Å²) in [6.45, 7) is 3.15. The number of rotatable bonds is 10. The largest absolute Gasteiger partial charge is 0.452 e. The van der Waals surface area contributed by atoms with Gasteiger partial charge in [0.1, 0.15) is 4.90 Å². The number of amides is 1. The van der Waals surface area contributed by atoms with Crippen molar-refractivity contribution in [3.8, 4) is 6.07 Å². The minimum Gasteiger partial charge on any atom is -0.452 e. The molecule has 0 fully saturated rings. The van der Waals surface area contributed by atoms with Gasteiger partial charge in [-0.2, -0.15) is 5.26 Å². The van der Waals surface area contributed by atoms with Crippen molar-refractivity contribution in [3.05, 3.63) is 71.8 Å². The smallest absolute Gasteiger partial charge is 0.338 e. The Morgan fingerprint density at radius 1 is 1.23 bits per heavy atom. The van der Waals surface area contributed by atoms with E-state index in [-0.39, 0.29) is 35.0 Å². The standard InChI is InChI=1S/C21H20ClN3O5S/c1-2-13-25(17-7-4-3-5-8-17)31(28,29)19-14-16(9-10-18(19)22)21(27)30-15-20(26)24-12-6-11-23/h2-5,7-10,14H,1,6,12-13,15H2,(H,24,26). The van der Waals surface area contributed by atoms with E-state index in [0.717, 1.165) is 10.4 Å². The van der Waals surface area contributed by atoms with E-state index in [9.17, 15) is 18.0 Å². The van der Waals surface area contributed by atoms with Crippen molar-refractivity contribution >= 4 is 39.2 Å². The number of hydrogen-bond donors (Lipinski definition) is 1. The van der Waals surface area contributed by atoms with Gasteiger partial charge in [0.05, 0.1) is 35.3 Å². The molecule has 0 heterocycles. The van der Waals surface area contributed by atoms with E-state index in [0.29, 0.717) is 5.69 Å². The van der Waals surface area contributed by atoms with Crippen molar-refractivity contribution in [2.45, 2.75) is 11.3 Å². The van der Waals surface area contributed by atoms with Crippen LogP contribution in [-0.4, -0.2) is 40.0 Å². The molecule has 0 radical (unpaired) electrons. The van der Waals surface area contributed by atoms with E-state index in [4.69, 9.17) is 21.6 Å². The summed E-state index contributed by atoms with van der Waals surface area (Å²) in [5.74, 6) is -1.47. The van der Waals surface area contributed by atoms with Gasteiger partial charge in [0.25, 0.3) is 15.9 Å². The van der Waals surface area contributed by atoms with Crippen LogP contribution in [0.25, 0.3) is 0 Å². The highest BCUT2D eigenvalue weighted by Crippen LogP contribution is 2.29. The van der Waals surface area contributed by atoms with Gasteiger partial charge < -0.3 is 10.1 Å². The topological polar surface area (TPSA) is 117 Å². The van der Waals surface area contributed by atoms with Crippen LogP contribution < -0.4 is 9.62 Å². The second-order valence-electron chi connectivity index (χ2n) is 6.14. The first-order valence-corrected chi connectivity index (χ1v) is 10.9. The van der Waals surface area contributed by atoms with Gasteiger partial charge in [0.15, 0.2) is 6.61 Å². The Bertz CT molecular complexity index is 1100. The third-order valence-corrected chi connectivity index (χ3v) is 6.24. The molecule has 0 saturated heterocycles. The summed E-state index contributed by atoms with van der Waals surface area (Å²) in [4.78, 5) is 23.6. The monoisotopic (exact) mass is 461 g/mol. The minimum atomic E-state index is -4.14. The molecule has 31 heavy (non-hydrogen) atoms.